The van der Waals surface area contributed by atoms with E-state index in [1.807, 2.05) is 30.6 Å². The summed E-state index contributed by atoms with van der Waals surface area (Å²) in [6.07, 6.45) is 3.87. The van der Waals surface area contributed by atoms with E-state index in [0.29, 0.717) is 0 Å². The van der Waals surface area contributed by atoms with Crippen molar-refractivity contribution < 1.29 is 0 Å². The van der Waals surface area contributed by atoms with Crippen molar-refractivity contribution in [2.45, 2.75) is 6.54 Å². The molecule has 0 N–H and O–H groups in total. The Labute approximate surface area is 118 Å². The highest BCUT2D eigenvalue weighted by molar-refractivity contribution is 9.10. The largest absolute Gasteiger partial charge is 0.326 e. The highest BCUT2D eigenvalue weighted by Crippen LogP contribution is 2.25. The van der Waals surface area contributed by atoms with Gasteiger partial charge in [-0.2, -0.15) is 0 Å². The lowest BCUT2D eigenvalue weighted by Crippen LogP contribution is -1.99. The molecule has 0 amide bonds. The van der Waals surface area contributed by atoms with Crippen LogP contribution in [0.3, 0.4) is 0 Å². The van der Waals surface area contributed by atoms with Gasteiger partial charge in [0.2, 0.25) is 0 Å². The highest BCUT2D eigenvalue weighted by atomic mass is 79.9. The number of halogens is 1. The molecule has 2 nitrogen and oxygen atoms in total. The van der Waals surface area contributed by atoms with Gasteiger partial charge in [-0.3, -0.25) is 0 Å². The zero-order valence-electron chi connectivity index (χ0n) is 9.58. The molecule has 18 heavy (non-hydrogen) atoms. The molecular weight excluding hydrogens is 308 g/mol. The predicted molar refractivity (Wildman–Crippen MR) is 78.8 cm³/mol. The standard InChI is InChI=1S/C14H11BrN2S/c15-12-6-9-18-13(12)10-17-8-7-16-14(17)11-4-2-1-3-5-11/h1-9H,10H2. The minimum absolute atomic E-state index is 0.850. The van der Waals surface area contributed by atoms with Crippen LogP contribution in [-0.4, -0.2) is 9.55 Å². The molecule has 0 aliphatic heterocycles. The van der Waals surface area contributed by atoms with E-state index in [1.165, 1.54) is 9.35 Å². The van der Waals surface area contributed by atoms with Crippen molar-refractivity contribution in [2.24, 2.45) is 0 Å². The van der Waals surface area contributed by atoms with Crippen molar-refractivity contribution in [3.8, 4) is 11.4 Å². The quantitative estimate of drug-likeness (QED) is 0.699. The highest BCUT2D eigenvalue weighted by Gasteiger charge is 2.08. The SMILES string of the molecule is Brc1ccsc1Cn1ccnc1-c1ccccc1. The third-order valence-corrected chi connectivity index (χ3v) is 4.66. The maximum Gasteiger partial charge on any atom is 0.140 e. The first kappa shape index (κ1) is 11.7. The van der Waals surface area contributed by atoms with E-state index >= 15 is 0 Å². The minimum atomic E-state index is 0.850. The summed E-state index contributed by atoms with van der Waals surface area (Å²) in [4.78, 5) is 5.76. The summed E-state index contributed by atoms with van der Waals surface area (Å²) >= 11 is 5.33. The van der Waals surface area contributed by atoms with Gasteiger partial charge < -0.3 is 4.57 Å². The summed E-state index contributed by atoms with van der Waals surface area (Å²) in [5, 5.41) is 2.10. The van der Waals surface area contributed by atoms with Crippen LogP contribution in [0, 0.1) is 0 Å². The molecule has 0 fully saturated rings. The molecule has 2 aromatic heterocycles. The lowest BCUT2D eigenvalue weighted by molar-refractivity contribution is 0.817. The third kappa shape index (κ3) is 2.26. The van der Waals surface area contributed by atoms with Gasteiger partial charge in [0.1, 0.15) is 5.82 Å². The van der Waals surface area contributed by atoms with E-state index in [-0.39, 0.29) is 0 Å². The molecule has 0 aliphatic rings. The van der Waals surface area contributed by atoms with Gasteiger partial charge >= 0.3 is 0 Å². The summed E-state index contributed by atoms with van der Waals surface area (Å²) in [6, 6.07) is 12.3. The molecule has 0 spiro atoms. The number of hydrogen-bond donors (Lipinski definition) is 0. The normalized spacial score (nSPS) is 10.7. The van der Waals surface area contributed by atoms with Crippen LogP contribution in [0.15, 0.2) is 58.6 Å². The fraction of sp³-hybridized carbons (Fsp3) is 0.0714. The molecular formula is C14H11BrN2S. The van der Waals surface area contributed by atoms with Crippen LogP contribution in [0.1, 0.15) is 4.88 Å². The number of hydrogen-bond acceptors (Lipinski definition) is 2. The maximum absolute atomic E-state index is 4.45. The Balaban J connectivity index is 1.95. The number of aromatic nitrogens is 2. The monoisotopic (exact) mass is 318 g/mol. The van der Waals surface area contributed by atoms with E-state index in [4.69, 9.17) is 0 Å². The molecule has 1 aromatic carbocycles. The molecule has 4 heteroatoms. The topological polar surface area (TPSA) is 17.8 Å². The van der Waals surface area contributed by atoms with Crippen molar-refractivity contribution in [1.82, 2.24) is 9.55 Å². The average molecular weight is 319 g/mol. The maximum atomic E-state index is 4.45. The van der Waals surface area contributed by atoms with Gasteiger partial charge in [-0.15, -0.1) is 11.3 Å². The van der Waals surface area contributed by atoms with E-state index in [1.54, 1.807) is 11.3 Å². The van der Waals surface area contributed by atoms with Gasteiger partial charge in [0, 0.05) is 27.3 Å². The lowest BCUT2D eigenvalue weighted by Gasteiger charge is -2.07. The van der Waals surface area contributed by atoms with Crippen LogP contribution in [0.4, 0.5) is 0 Å². The van der Waals surface area contributed by atoms with Crippen LogP contribution in [0.5, 0.6) is 0 Å². The molecule has 0 aliphatic carbocycles. The number of thiophene rings is 1. The first-order chi connectivity index (χ1) is 8.84. The summed E-state index contributed by atoms with van der Waals surface area (Å²) in [6.45, 7) is 0.850. The number of rotatable bonds is 3. The second-order valence-electron chi connectivity index (χ2n) is 3.94. The molecule has 0 saturated heterocycles. The number of imidazole rings is 1. The van der Waals surface area contributed by atoms with Crippen molar-refractivity contribution in [2.75, 3.05) is 0 Å². The third-order valence-electron chi connectivity index (χ3n) is 2.75. The molecule has 0 atom stereocenters. The Kier molecular flexibility index (Phi) is 3.30. The zero-order valence-corrected chi connectivity index (χ0v) is 12.0. The van der Waals surface area contributed by atoms with E-state index in [9.17, 15) is 0 Å². The Hall–Kier alpha value is -1.39. The van der Waals surface area contributed by atoms with Gasteiger partial charge in [0.25, 0.3) is 0 Å². The molecule has 0 radical (unpaired) electrons. The van der Waals surface area contributed by atoms with Crippen molar-refractivity contribution >= 4 is 27.3 Å². The van der Waals surface area contributed by atoms with E-state index in [0.717, 1.165) is 17.9 Å². The van der Waals surface area contributed by atoms with Gasteiger partial charge in [-0.1, -0.05) is 30.3 Å². The number of benzene rings is 1. The van der Waals surface area contributed by atoms with Crippen LogP contribution in [-0.2, 0) is 6.54 Å². The molecule has 90 valence electrons. The molecule has 2 heterocycles. The van der Waals surface area contributed by atoms with Gasteiger partial charge in [-0.05, 0) is 27.4 Å². The Morgan fingerprint density at radius 3 is 2.72 bits per heavy atom. The molecule has 0 unspecified atom stereocenters. The molecule has 0 bridgehead atoms. The Morgan fingerprint density at radius 2 is 2.00 bits per heavy atom. The molecule has 3 rings (SSSR count). The zero-order chi connectivity index (χ0) is 12.4. The predicted octanol–water partition coefficient (Wildman–Crippen LogP) is 4.42. The fourth-order valence-corrected chi connectivity index (χ4v) is 3.35. The Bertz CT molecular complexity index is 643. The van der Waals surface area contributed by atoms with Crippen LogP contribution >= 0.6 is 27.3 Å². The summed E-state index contributed by atoms with van der Waals surface area (Å²) < 4.78 is 3.34. The van der Waals surface area contributed by atoms with E-state index < -0.39 is 0 Å². The lowest BCUT2D eigenvalue weighted by atomic mass is 10.2. The van der Waals surface area contributed by atoms with E-state index in [2.05, 4.69) is 49.1 Å². The molecule has 0 saturated carbocycles. The number of nitrogens with zero attached hydrogens (tertiary/aromatic N) is 2. The van der Waals surface area contributed by atoms with Gasteiger partial charge in [0.15, 0.2) is 0 Å². The molecule has 3 aromatic rings. The van der Waals surface area contributed by atoms with Gasteiger partial charge in [0.05, 0.1) is 6.54 Å². The van der Waals surface area contributed by atoms with Gasteiger partial charge in [-0.25, -0.2) is 4.98 Å². The summed E-state index contributed by atoms with van der Waals surface area (Å²) in [5.74, 6) is 1.01. The second-order valence-corrected chi connectivity index (χ2v) is 5.79. The van der Waals surface area contributed by atoms with Crippen molar-refractivity contribution in [1.29, 1.82) is 0 Å². The smallest absolute Gasteiger partial charge is 0.140 e. The first-order valence-corrected chi connectivity index (χ1v) is 7.30. The summed E-state index contributed by atoms with van der Waals surface area (Å²) in [5.41, 5.74) is 1.15. The van der Waals surface area contributed by atoms with Crippen molar-refractivity contribution in [3.05, 3.63) is 63.5 Å². The average Bonchev–Trinajstić information content (AvgIpc) is 3.01. The van der Waals surface area contributed by atoms with Crippen molar-refractivity contribution in [3.63, 3.8) is 0 Å². The minimum Gasteiger partial charge on any atom is -0.326 e. The van der Waals surface area contributed by atoms with Crippen LogP contribution < -0.4 is 0 Å². The van der Waals surface area contributed by atoms with Crippen LogP contribution in [0.2, 0.25) is 0 Å². The summed E-state index contributed by atoms with van der Waals surface area (Å²) in [7, 11) is 0. The van der Waals surface area contributed by atoms with Crippen LogP contribution in [0.25, 0.3) is 11.4 Å². The second kappa shape index (κ2) is 5.08. The first-order valence-electron chi connectivity index (χ1n) is 5.63. The fourth-order valence-electron chi connectivity index (χ4n) is 1.88. The Morgan fingerprint density at radius 1 is 1.17 bits per heavy atom.